The van der Waals surface area contributed by atoms with Crippen LogP contribution < -0.4 is 5.73 Å². The highest BCUT2D eigenvalue weighted by atomic mass is 19.3. The van der Waals surface area contributed by atoms with Crippen molar-refractivity contribution in [3.8, 4) is 0 Å². The van der Waals surface area contributed by atoms with Crippen LogP contribution in [-0.2, 0) is 13.0 Å². The maximum absolute atomic E-state index is 11.9. The summed E-state index contributed by atoms with van der Waals surface area (Å²) >= 11 is 0. The van der Waals surface area contributed by atoms with Crippen LogP contribution in [0.2, 0.25) is 0 Å². The van der Waals surface area contributed by atoms with E-state index in [1.54, 1.807) is 0 Å². The van der Waals surface area contributed by atoms with Crippen LogP contribution in [0.15, 0.2) is 12.4 Å². The van der Waals surface area contributed by atoms with E-state index in [-0.39, 0.29) is 6.54 Å². The second-order valence-corrected chi connectivity index (χ2v) is 2.43. The van der Waals surface area contributed by atoms with Crippen LogP contribution in [0, 0.1) is 0 Å². The minimum atomic E-state index is -2.34. The Balaban J connectivity index is 2.63. The lowest BCUT2D eigenvalue weighted by Crippen LogP contribution is -2.13. The van der Waals surface area contributed by atoms with Crippen molar-refractivity contribution in [2.45, 2.75) is 19.4 Å². The fourth-order valence-electron chi connectivity index (χ4n) is 1.01. The van der Waals surface area contributed by atoms with E-state index in [0.29, 0.717) is 18.8 Å². The van der Waals surface area contributed by atoms with Crippen LogP contribution in [0.3, 0.4) is 0 Å². The van der Waals surface area contributed by atoms with Gasteiger partial charge in [-0.25, -0.2) is 13.8 Å². The Labute approximate surface area is 69.2 Å². The first-order valence-corrected chi connectivity index (χ1v) is 3.72. The quantitative estimate of drug-likeness (QED) is 0.730. The number of alkyl halides is 2. The van der Waals surface area contributed by atoms with E-state index in [2.05, 4.69) is 4.98 Å². The van der Waals surface area contributed by atoms with Gasteiger partial charge >= 0.3 is 0 Å². The van der Waals surface area contributed by atoms with Crippen molar-refractivity contribution >= 4 is 0 Å². The number of nitrogens with two attached hydrogens (primary N) is 1. The monoisotopic (exact) mass is 175 g/mol. The minimum absolute atomic E-state index is 0.296. The lowest BCUT2D eigenvalue weighted by molar-refractivity contribution is 0.125. The first kappa shape index (κ1) is 9.12. The summed E-state index contributed by atoms with van der Waals surface area (Å²) in [4.78, 5) is 3.91. The highest BCUT2D eigenvalue weighted by Crippen LogP contribution is 2.03. The summed E-state index contributed by atoms with van der Waals surface area (Å²) in [6.07, 6.45) is 1.25. The third-order valence-corrected chi connectivity index (χ3v) is 1.50. The van der Waals surface area contributed by atoms with E-state index < -0.39 is 6.43 Å². The molecule has 0 aliphatic heterocycles. The average molecular weight is 175 g/mol. The molecule has 0 aliphatic carbocycles. The smallest absolute Gasteiger partial charge is 0.256 e. The maximum atomic E-state index is 11.9. The number of aromatic nitrogens is 2. The van der Waals surface area contributed by atoms with Crippen molar-refractivity contribution < 1.29 is 8.78 Å². The molecule has 3 nitrogen and oxygen atoms in total. The molecule has 12 heavy (non-hydrogen) atoms. The molecule has 0 atom stereocenters. The van der Waals surface area contributed by atoms with Gasteiger partial charge in [0.2, 0.25) is 0 Å². The summed E-state index contributed by atoms with van der Waals surface area (Å²) in [7, 11) is 0. The second kappa shape index (κ2) is 4.15. The van der Waals surface area contributed by atoms with E-state index in [9.17, 15) is 8.78 Å². The molecule has 1 rings (SSSR count). The zero-order valence-corrected chi connectivity index (χ0v) is 6.58. The van der Waals surface area contributed by atoms with Crippen molar-refractivity contribution in [3.05, 3.63) is 18.2 Å². The van der Waals surface area contributed by atoms with Crippen LogP contribution in [0.1, 0.15) is 5.82 Å². The first-order chi connectivity index (χ1) is 5.74. The van der Waals surface area contributed by atoms with Crippen molar-refractivity contribution in [1.82, 2.24) is 9.55 Å². The van der Waals surface area contributed by atoms with Gasteiger partial charge in [0.1, 0.15) is 5.82 Å². The summed E-state index contributed by atoms with van der Waals surface area (Å²) in [6.45, 7) is 0.135. The van der Waals surface area contributed by atoms with Gasteiger partial charge in [0.25, 0.3) is 6.43 Å². The fourth-order valence-corrected chi connectivity index (χ4v) is 1.01. The highest BCUT2D eigenvalue weighted by Gasteiger charge is 2.07. The van der Waals surface area contributed by atoms with Gasteiger partial charge < -0.3 is 10.3 Å². The zero-order chi connectivity index (χ0) is 8.97. The number of nitrogens with zero attached hydrogens (tertiary/aromatic N) is 2. The Kier molecular flexibility index (Phi) is 3.16. The van der Waals surface area contributed by atoms with Gasteiger partial charge in [-0.3, -0.25) is 0 Å². The van der Waals surface area contributed by atoms with Gasteiger partial charge in [-0.2, -0.15) is 0 Å². The van der Waals surface area contributed by atoms with Crippen LogP contribution in [-0.4, -0.2) is 22.5 Å². The Hall–Kier alpha value is -0.970. The number of halogens is 2. The summed E-state index contributed by atoms with van der Waals surface area (Å²) in [6, 6.07) is 0. The topological polar surface area (TPSA) is 43.8 Å². The Morgan fingerprint density at radius 1 is 1.58 bits per heavy atom. The van der Waals surface area contributed by atoms with E-state index >= 15 is 0 Å². The molecule has 2 N–H and O–H groups in total. The van der Waals surface area contributed by atoms with E-state index in [0.717, 1.165) is 0 Å². The zero-order valence-electron chi connectivity index (χ0n) is 6.58. The molecule has 0 aromatic carbocycles. The molecule has 1 aromatic rings. The molecular weight excluding hydrogens is 164 g/mol. The highest BCUT2D eigenvalue weighted by molar-refractivity contribution is 4.92. The minimum Gasteiger partial charge on any atom is -0.330 e. The Morgan fingerprint density at radius 3 is 2.92 bits per heavy atom. The normalized spacial score (nSPS) is 11.0. The second-order valence-electron chi connectivity index (χ2n) is 2.43. The van der Waals surface area contributed by atoms with E-state index in [1.807, 2.05) is 0 Å². The number of hydrogen-bond acceptors (Lipinski definition) is 2. The molecule has 0 amide bonds. The Bertz CT molecular complexity index is 234. The SMILES string of the molecule is NCCc1nccn1CC(F)F. The lowest BCUT2D eigenvalue weighted by atomic mass is 10.4. The third kappa shape index (κ3) is 2.27. The molecule has 1 heterocycles. The molecule has 0 saturated heterocycles. The predicted octanol–water partition coefficient (Wildman–Crippen LogP) is 0.649. The molecule has 0 aliphatic rings. The maximum Gasteiger partial charge on any atom is 0.256 e. The van der Waals surface area contributed by atoms with Crippen LogP contribution >= 0.6 is 0 Å². The van der Waals surface area contributed by atoms with Crippen molar-refractivity contribution in [2.24, 2.45) is 5.73 Å². The van der Waals surface area contributed by atoms with Crippen molar-refractivity contribution in [3.63, 3.8) is 0 Å². The summed E-state index contributed by atoms with van der Waals surface area (Å²) in [5.41, 5.74) is 5.28. The summed E-state index contributed by atoms with van der Waals surface area (Å²) in [5.74, 6) is 0.623. The molecule has 0 unspecified atom stereocenters. The molecule has 68 valence electrons. The number of rotatable bonds is 4. The standard InChI is InChI=1S/C7H11F2N3/c8-6(9)5-12-4-3-11-7(12)1-2-10/h3-4,6H,1-2,5,10H2. The molecule has 0 spiro atoms. The third-order valence-electron chi connectivity index (χ3n) is 1.50. The van der Waals surface area contributed by atoms with Gasteiger partial charge in [0.05, 0.1) is 6.54 Å². The van der Waals surface area contributed by atoms with Gasteiger partial charge in [-0.05, 0) is 6.54 Å². The van der Waals surface area contributed by atoms with Crippen molar-refractivity contribution in [1.29, 1.82) is 0 Å². The molecular formula is C7H11F2N3. The predicted molar refractivity (Wildman–Crippen MR) is 41.0 cm³/mol. The van der Waals surface area contributed by atoms with Crippen LogP contribution in [0.4, 0.5) is 8.78 Å². The molecule has 0 fully saturated rings. The number of imidazole rings is 1. The number of hydrogen-bond donors (Lipinski definition) is 1. The molecule has 0 radical (unpaired) electrons. The fraction of sp³-hybridized carbons (Fsp3) is 0.571. The van der Waals surface area contributed by atoms with Gasteiger partial charge in [-0.15, -0.1) is 0 Å². The van der Waals surface area contributed by atoms with Crippen LogP contribution in [0.5, 0.6) is 0 Å². The van der Waals surface area contributed by atoms with Gasteiger partial charge in [0.15, 0.2) is 0 Å². The largest absolute Gasteiger partial charge is 0.330 e. The van der Waals surface area contributed by atoms with Gasteiger partial charge in [0, 0.05) is 18.8 Å². The molecule has 0 bridgehead atoms. The Morgan fingerprint density at radius 2 is 2.33 bits per heavy atom. The summed E-state index contributed by atoms with van der Waals surface area (Å²) in [5, 5.41) is 0. The first-order valence-electron chi connectivity index (χ1n) is 3.72. The van der Waals surface area contributed by atoms with Crippen LogP contribution in [0.25, 0.3) is 0 Å². The lowest BCUT2D eigenvalue weighted by Gasteiger charge is -2.04. The molecule has 5 heteroatoms. The molecule has 0 saturated carbocycles. The molecule has 1 aromatic heterocycles. The average Bonchev–Trinajstić information content (AvgIpc) is 2.37. The van der Waals surface area contributed by atoms with E-state index in [4.69, 9.17) is 5.73 Å². The summed E-state index contributed by atoms with van der Waals surface area (Å²) < 4.78 is 25.3. The van der Waals surface area contributed by atoms with Crippen molar-refractivity contribution in [2.75, 3.05) is 6.54 Å². The van der Waals surface area contributed by atoms with E-state index in [1.165, 1.54) is 17.0 Å². The van der Waals surface area contributed by atoms with Gasteiger partial charge in [-0.1, -0.05) is 0 Å².